The Morgan fingerprint density at radius 2 is 1.82 bits per heavy atom. The van der Waals surface area contributed by atoms with E-state index in [1.165, 1.54) is 12.8 Å². The molecule has 0 atom stereocenters. The standard InChI is InChI=1S/C24H28F2N6O/c1-31-21(15-32-8-2-3-9-32)19(14-29-31)20-10-17-11-22(28-13-18(17)12-27-20)30-23(33)16-4-6-24(25,26)7-5-16/h10-14,16H,2-9,15H2,1H3,(H,28,30,33). The van der Waals surface area contributed by atoms with Crippen LogP contribution in [0.4, 0.5) is 14.6 Å². The topological polar surface area (TPSA) is 75.9 Å². The van der Waals surface area contributed by atoms with Gasteiger partial charge in [-0.1, -0.05) is 0 Å². The molecular weight excluding hydrogens is 426 g/mol. The van der Waals surface area contributed by atoms with Crippen molar-refractivity contribution in [2.24, 2.45) is 13.0 Å². The van der Waals surface area contributed by atoms with Crippen molar-refractivity contribution < 1.29 is 13.6 Å². The van der Waals surface area contributed by atoms with Gasteiger partial charge < -0.3 is 5.32 Å². The Bertz CT molecular complexity index is 1160. The van der Waals surface area contributed by atoms with Gasteiger partial charge in [0.05, 0.1) is 17.6 Å². The second-order valence-electron chi connectivity index (χ2n) is 9.22. The number of alkyl halides is 2. The van der Waals surface area contributed by atoms with E-state index in [1.54, 1.807) is 12.4 Å². The van der Waals surface area contributed by atoms with Gasteiger partial charge in [0.25, 0.3) is 0 Å². The zero-order valence-electron chi connectivity index (χ0n) is 18.7. The molecule has 0 spiro atoms. The summed E-state index contributed by atoms with van der Waals surface area (Å²) >= 11 is 0. The van der Waals surface area contributed by atoms with Gasteiger partial charge in [-0.25, -0.2) is 13.8 Å². The molecule has 2 aliphatic rings. The van der Waals surface area contributed by atoms with Crippen LogP contribution in [-0.4, -0.2) is 49.6 Å². The Hall–Kier alpha value is -2.94. The number of amides is 1. The number of fused-ring (bicyclic) bond motifs is 1. The van der Waals surface area contributed by atoms with Crippen molar-refractivity contribution in [1.29, 1.82) is 0 Å². The van der Waals surface area contributed by atoms with E-state index in [4.69, 9.17) is 0 Å². The summed E-state index contributed by atoms with van der Waals surface area (Å²) < 4.78 is 28.7. The van der Waals surface area contributed by atoms with Gasteiger partial charge in [0.2, 0.25) is 11.8 Å². The molecule has 9 heteroatoms. The SMILES string of the molecule is Cn1ncc(-c2cc3cc(NC(=O)C4CCC(F)(F)CC4)ncc3cn2)c1CN1CCCC1. The van der Waals surface area contributed by atoms with E-state index < -0.39 is 11.8 Å². The number of carbonyl (C=O) groups excluding carboxylic acids is 1. The van der Waals surface area contributed by atoms with Crippen molar-refractivity contribution in [1.82, 2.24) is 24.6 Å². The predicted octanol–water partition coefficient (Wildman–Crippen LogP) is 4.39. The van der Waals surface area contributed by atoms with Crippen LogP contribution in [-0.2, 0) is 18.4 Å². The van der Waals surface area contributed by atoms with E-state index in [0.29, 0.717) is 5.82 Å². The average Bonchev–Trinajstić information content (AvgIpc) is 3.43. The van der Waals surface area contributed by atoms with Gasteiger partial charge in [0.1, 0.15) is 5.82 Å². The molecule has 1 N–H and O–H groups in total. The van der Waals surface area contributed by atoms with Crippen molar-refractivity contribution >= 4 is 22.5 Å². The van der Waals surface area contributed by atoms with Crippen molar-refractivity contribution in [2.45, 2.75) is 51.0 Å². The minimum absolute atomic E-state index is 0.196. The number of hydrogen-bond acceptors (Lipinski definition) is 5. The number of nitrogens with zero attached hydrogens (tertiary/aromatic N) is 5. The molecule has 4 heterocycles. The van der Waals surface area contributed by atoms with Gasteiger partial charge in [-0.2, -0.15) is 5.10 Å². The van der Waals surface area contributed by atoms with Crippen molar-refractivity contribution in [3.8, 4) is 11.3 Å². The lowest BCUT2D eigenvalue weighted by Crippen LogP contribution is -2.32. The summed E-state index contributed by atoms with van der Waals surface area (Å²) in [5, 5.41) is 9.04. The molecule has 2 fully saturated rings. The molecule has 0 radical (unpaired) electrons. The molecule has 1 aliphatic carbocycles. The molecule has 3 aromatic rings. The van der Waals surface area contributed by atoms with E-state index in [9.17, 15) is 13.6 Å². The number of anilines is 1. The second kappa shape index (κ2) is 8.78. The maximum Gasteiger partial charge on any atom is 0.248 e. The van der Waals surface area contributed by atoms with Crippen LogP contribution in [0.2, 0.25) is 0 Å². The highest BCUT2D eigenvalue weighted by Gasteiger charge is 2.37. The zero-order valence-corrected chi connectivity index (χ0v) is 18.7. The van der Waals surface area contributed by atoms with Crippen LogP contribution in [0.3, 0.4) is 0 Å². The summed E-state index contributed by atoms with van der Waals surface area (Å²) in [5.41, 5.74) is 2.94. The Balaban J connectivity index is 1.36. The number of hydrogen-bond donors (Lipinski definition) is 1. The number of aromatic nitrogens is 4. The molecule has 33 heavy (non-hydrogen) atoms. The molecule has 7 nitrogen and oxygen atoms in total. The quantitative estimate of drug-likeness (QED) is 0.619. The van der Waals surface area contributed by atoms with Gasteiger partial charge in [-0.05, 0) is 56.3 Å². The maximum atomic E-state index is 13.4. The Kier molecular flexibility index (Phi) is 5.82. The fraction of sp³-hybridized carbons (Fsp3) is 0.500. The summed E-state index contributed by atoms with van der Waals surface area (Å²) in [4.78, 5) is 24.0. The van der Waals surface area contributed by atoms with Gasteiger partial charge in [0.15, 0.2) is 0 Å². The molecule has 174 valence electrons. The Morgan fingerprint density at radius 3 is 2.58 bits per heavy atom. The second-order valence-corrected chi connectivity index (χ2v) is 9.22. The van der Waals surface area contributed by atoms with Crippen molar-refractivity contribution in [3.05, 3.63) is 36.4 Å². The molecule has 1 aliphatic heterocycles. The Labute approximate surface area is 191 Å². The molecule has 1 saturated carbocycles. The molecule has 0 aromatic carbocycles. The van der Waals surface area contributed by atoms with Gasteiger partial charge in [-0.3, -0.25) is 19.4 Å². The van der Waals surface area contributed by atoms with Crippen LogP contribution in [0.15, 0.2) is 30.7 Å². The smallest absolute Gasteiger partial charge is 0.248 e. The fourth-order valence-corrected chi connectivity index (χ4v) is 4.80. The van der Waals surface area contributed by atoms with Gasteiger partial charge in [-0.15, -0.1) is 0 Å². The largest absolute Gasteiger partial charge is 0.310 e. The lowest BCUT2D eigenvalue weighted by Gasteiger charge is -2.27. The predicted molar refractivity (Wildman–Crippen MR) is 122 cm³/mol. The first-order chi connectivity index (χ1) is 15.9. The van der Waals surface area contributed by atoms with Crippen LogP contribution >= 0.6 is 0 Å². The van der Waals surface area contributed by atoms with E-state index >= 15 is 0 Å². The lowest BCUT2D eigenvalue weighted by molar-refractivity contribution is -0.124. The summed E-state index contributed by atoms with van der Waals surface area (Å²) in [7, 11) is 1.95. The third-order valence-corrected chi connectivity index (χ3v) is 6.85. The summed E-state index contributed by atoms with van der Waals surface area (Å²) in [5.74, 6) is -2.88. The fourth-order valence-electron chi connectivity index (χ4n) is 4.80. The zero-order chi connectivity index (χ0) is 23.0. The molecule has 1 saturated heterocycles. The van der Waals surface area contributed by atoms with E-state index in [0.717, 1.165) is 47.4 Å². The number of carbonyl (C=O) groups is 1. The van der Waals surface area contributed by atoms with E-state index in [1.807, 2.05) is 30.1 Å². The summed E-state index contributed by atoms with van der Waals surface area (Å²) in [6.07, 6.45) is 7.67. The number of likely N-dealkylation sites (tertiary alicyclic amines) is 1. The first kappa shape index (κ1) is 21.9. The normalized spacial score (nSPS) is 19.2. The van der Waals surface area contributed by atoms with Gasteiger partial charge in [0, 0.05) is 55.7 Å². The van der Waals surface area contributed by atoms with Crippen LogP contribution in [0.1, 0.15) is 44.2 Å². The van der Waals surface area contributed by atoms with Gasteiger partial charge >= 0.3 is 0 Å². The average molecular weight is 455 g/mol. The minimum Gasteiger partial charge on any atom is -0.310 e. The summed E-state index contributed by atoms with van der Waals surface area (Å²) in [6.45, 7) is 3.04. The first-order valence-corrected chi connectivity index (χ1v) is 11.6. The van der Waals surface area contributed by atoms with Crippen molar-refractivity contribution in [3.63, 3.8) is 0 Å². The number of aryl methyl sites for hydroxylation is 1. The first-order valence-electron chi connectivity index (χ1n) is 11.6. The lowest BCUT2D eigenvalue weighted by atomic mass is 9.86. The third-order valence-electron chi connectivity index (χ3n) is 6.85. The highest BCUT2D eigenvalue weighted by atomic mass is 19.3. The minimum atomic E-state index is -2.65. The van der Waals surface area contributed by atoms with Crippen LogP contribution in [0.25, 0.3) is 22.0 Å². The van der Waals surface area contributed by atoms with E-state index in [2.05, 4.69) is 25.3 Å². The molecular formula is C24H28F2N6O. The van der Waals surface area contributed by atoms with E-state index in [-0.39, 0.29) is 31.6 Å². The van der Waals surface area contributed by atoms with Crippen LogP contribution in [0, 0.1) is 5.92 Å². The molecule has 5 rings (SSSR count). The molecule has 0 unspecified atom stereocenters. The number of rotatable bonds is 5. The highest BCUT2D eigenvalue weighted by Crippen LogP contribution is 2.36. The highest BCUT2D eigenvalue weighted by molar-refractivity contribution is 5.94. The Morgan fingerprint density at radius 1 is 1.09 bits per heavy atom. The van der Waals surface area contributed by atoms with Crippen molar-refractivity contribution in [2.75, 3.05) is 18.4 Å². The number of halogens is 2. The van der Waals surface area contributed by atoms with Crippen LogP contribution in [0.5, 0.6) is 0 Å². The number of pyridine rings is 2. The number of nitrogens with one attached hydrogen (secondary N) is 1. The molecule has 0 bridgehead atoms. The maximum absolute atomic E-state index is 13.4. The monoisotopic (exact) mass is 454 g/mol. The van der Waals surface area contributed by atoms with Crippen LogP contribution < -0.4 is 5.32 Å². The molecule has 3 aromatic heterocycles. The third kappa shape index (κ3) is 4.73. The summed E-state index contributed by atoms with van der Waals surface area (Å²) in [6, 6.07) is 3.80. The molecule has 1 amide bonds.